The minimum Gasteiger partial charge on any atom is -0.478 e. The van der Waals surface area contributed by atoms with Crippen LogP contribution < -0.4 is 0 Å². The molecule has 1 unspecified atom stereocenters. The first-order valence-corrected chi connectivity index (χ1v) is 6.73. The standard InChI is InChI=1S/C14H27NO2/c1-5-8-10-15(12(4)6-2)11-9-13(7-3)14(16)17/h9,12H,5-8,10-11H2,1-4H3,(H,16,17). The van der Waals surface area contributed by atoms with Crippen LogP contribution in [0.3, 0.4) is 0 Å². The second-order valence-corrected chi connectivity index (χ2v) is 4.49. The SMILES string of the molecule is CCCCN(CC=C(CC)C(=O)O)C(C)CC. The fourth-order valence-electron chi connectivity index (χ4n) is 1.72. The number of carboxylic acid groups (broad SMARTS) is 1. The summed E-state index contributed by atoms with van der Waals surface area (Å²) in [5.41, 5.74) is 0.523. The molecule has 3 heteroatoms. The molecule has 0 spiro atoms. The molecule has 0 rings (SSSR count). The first kappa shape index (κ1) is 16.2. The van der Waals surface area contributed by atoms with Gasteiger partial charge in [0.25, 0.3) is 0 Å². The highest BCUT2D eigenvalue weighted by Gasteiger charge is 2.11. The highest BCUT2D eigenvalue weighted by Crippen LogP contribution is 2.08. The molecule has 3 nitrogen and oxygen atoms in total. The number of hydrogen-bond acceptors (Lipinski definition) is 2. The Labute approximate surface area is 106 Å². The van der Waals surface area contributed by atoms with Crippen molar-refractivity contribution in [2.75, 3.05) is 13.1 Å². The van der Waals surface area contributed by atoms with E-state index in [4.69, 9.17) is 5.11 Å². The fraction of sp³-hybridized carbons (Fsp3) is 0.786. The number of carbonyl (C=O) groups is 1. The van der Waals surface area contributed by atoms with Gasteiger partial charge in [-0.3, -0.25) is 4.90 Å². The zero-order valence-corrected chi connectivity index (χ0v) is 11.7. The van der Waals surface area contributed by atoms with Crippen LogP contribution in [0, 0.1) is 0 Å². The third kappa shape index (κ3) is 6.47. The molecule has 0 saturated carbocycles. The van der Waals surface area contributed by atoms with Crippen molar-refractivity contribution in [2.45, 2.75) is 59.4 Å². The lowest BCUT2D eigenvalue weighted by atomic mass is 10.1. The van der Waals surface area contributed by atoms with E-state index in [0.29, 0.717) is 18.0 Å². The van der Waals surface area contributed by atoms with Crippen LogP contribution in [0.5, 0.6) is 0 Å². The van der Waals surface area contributed by atoms with Gasteiger partial charge in [-0.05, 0) is 32.7 Å². The molecule has 0 aliphatic rings. The Hall–Kier alpha value is -0.830. The maximum atomic E-state index is 10.9. The first-order valence-electron chi connectivity index (χ1n) is 6.73. The summed E-state index contributed by atoms with van der Waals surface area (Å²) < 4.78 is 0. The number of aliphatic carboxylic acids is 1. The largest absolute Gasteiger partial charge is 0.478 e. The Morgan fingerprint density at radius 3 is 2.41 bits per heavy atom. The summed E-state index contributed by atoms with van der Waals surface area (Å²) in [7, 11) is 0. The minimum atomic E-state index is -0.785. The van der Waals surface area contributed by atoms with Crippen LogP contribution in [-0.2, 0) is 4.79 Å². The van der Waals surface area contributed by atoms with Crippen molar-refractivity contribution in [2.24, 2.45) is 0 Å². The van der Waals surface area contributed by atoms with E-state index in [-0.39, 0.29) is 0 Å². The van der Waals surface area contributed by atoms with Crippen LogP contribution in [0.15, 0.2) is 11.6 Å². The molecular formula is C14H27NO2. The molecule has 100 valence electrons. The third-order valence-electron chi connectivity index (χ3n) is 3.24. The van der Waals surface area contributed by atoms with Crippen LogP contribution in [0.4, 0.5) is 0 Å². The van der Waals surface area contributed by atoms with Gasteiger partial charge in [0.2, 0.25) is 0 Å². The summed E-state index contributed by atoms with van der Waals surface area (Å²) in [5, 5.41) is 8.97. The van der Waals surface area contributed by atoms with E-state index in [9.17, 15) is 4.79 Å². The molecule has 1 N–H and O–H groups in total. The number of unbranched alkanes of at least 4 members (excludes halogenated alkanes) is 1. The van der Waals surface area contributed by atoms with Crippen molar-refractivity contribution in [3.63, 3.8) is 0 Å². The molecule has 0 aromatic rings. The van der Waals surface area contributed by atoms with Crippen molar-refractivity contribution in [1.29, 1.82) is 0 Å². The maximum absolute atomic E-state index is 10.9. The van der Waals surface area contributed by atoms with E-state index in [1.54, 1.807) is 0 Å². The molecular weight excluding hydrogens is 214 g/mol. The van der Waals surface area contributed by atoms with Gasteiger partial charge in [-0.15, -0.1) is 0 Å². The molecule has 1 atom stereocenters. The Kier molecular flexibility index (Phi) is 8.78. The summed E-state index contributed by atoms with van der Waals surface area (Å²) in [5.74, 6) is -0.785. The lowest BCUT2D eigenvalue weighted by molar-refractivity contribution is -0.132. The van der Waals surface area contributed by atoms with Gasteiger partial charge in [-0.25, -0.2) is 4.79 Å². The third-order valence-corrected chi connectivity index (χ3v) is 3.24. The van der Waals surface area contributed by atoms with E-state index in [1.165, 1.54) is 12.8 Å². The molecule has 0 heterocycles. The van der Waals surface area contributed by atoms with E-state index in [2.05, 4.69) is 25.7 Å². The Balaban J connectivity index is 4.46. The van der Waals surface area contributed by atoms with Gasteiger partial charge in [0.15, 0.2) is 0 Å². The lowest BCUT2D eigenvalue weighted by Gasteiger charge is -2.27. The average molecular weight is 241 g/mol. The zero-order chi connectivity index (χ0) is 13.3. The molecule has 0 amide bonds. The lowest BCUT2D eigenvalue weighted by Crippen LogP contribution is -2.34. The smallest absolute Gasteiger partial charge is 0.331 e. The maximum Gasteiger partial charge on any atom is 0.331 e. The normalized spacial score (nSPS) is 14.1. The van der Waals surface area contributed by atoms with Crippen LogP contribution in [-0.4, -0.2) is 35.1 Å². The Morgan fingerprint density at radius 2 is 2.00 bits per heavy atom. The molecule has 0 radical (unpaired) electrons. The first-order chi connectivity index (χ1) is 8.06. The van der Waals surface area contributed by atoms with Crippen LogP contribution >= 0.6 is 0 Å². The predicted octanol–water partition coefficient (Wildman–Crippen LogP) is 3.31. The zero-order valence-electron chi connectivity index (χ0n) is 11.7. The minimum absolute atomic E-state index is 0.518. The Bertz CT molecular complexity index is 249. The summed E-state index contributed by atoms with van der Waals surface area (Å²) in [4.78, 5) is 13.3. The molecule has 0 aromatic heterocycles. The van der Waals surface area contributed by atoms with Crippen LogP contribution in [0.25, 0.3) is 0 Å². The summed E-state index contributed by atoms with van der Waals surface area (Å²) >= 11 is 0. The topological polar surface area (TPSA) is 40.5 Å². The molecule has 0 saturated heterocycles. The fourth-order valence-corrected chi connectivity index (χ4v) is 1.72. The molecule has 0 aromatic carbocycles. The highest BCUT2D eigenvalue weighted by atomic mass is 16.4. The van der Waals surface area contributed by atoms with E-state index >= 15 is 0 Å². The van der Waals surface area contributed by atoms with Gasteiger partial charge in [0.05, 0.1) is 0 Å². The van der Waals surface area contributed by atoms with E-state index in [1.807, 2.05) is 13.0 Å². The summed E-state index contributed by atoms with van der Waals surface area (Å²) in [6.07, 6.45) is 5.91. The average Bonchev–Trinajstić information content (AvgIpc) is 2.32. The number of hydrogen-bond donors (Lipinski definition) is 1. The monoisotopic (exact) mass is 241 g/mol. The van der Waals surface area contributed by atoms with Crippen molar-refractivity contribution in [1.82, 2.24) is 4.90 Å². The van der Waals surface area contributed by atoms with Gasteiger partial charge in [-0.2, -0.15) is 0 Å². The Morgan fingerprint density at radius 1 is 1.35 bits per heavy atom. The van der Waals surface area contributed by atoms with Gasteiger partial charge < -0.3 is 5.11 Å². The molecule has 0 aliphatic heterocycles. The second-order valence-electron chi connectivity index (χ2n) is 4.49. The quantitative estimate of drug-likeness (QED) is 0.630. The van der Waals surface area contributed by atoms with Crippen molar-refractivity contribution < 1.29 is 9.90 Å². The van der Waals surface area contributed by atoms with Crippen molar-refractivity contribution in [3.8, 4) is 0 Å². The van der Waals surface area contributed by atoms with Gasteiger partial charge in [0, 0.05) is 18.2 Å². The number of nitrogens with zero attached hydrogens (tertiary/aromatic N) is 1. The summed E-state index contributed by atoms with van der Waals surface area (Å²) in [6.45, 7) is 10.3. The molecule has 0 bridgehead atoms. The van der Waals surface area contributed by atoms with E-state index in [0.717, 1.165) is 19.5 Å². The van der Waals surface area contributed by atoms with Gasteiger partial charge in [-0.1, -0.05) is 33.3 Å². The predicted molar refractivity (Wildman–Crippen MR) is 72.2 cm³/mol. The van der Waals surface area contributed by atoms with Gasteiger partial charge >= 0.3 is 5.97 Å². The molecule has 0 aliphatic carbocycles. The highest BCUT2D eigenvalue weighted by molar-refractivity contribution is 5.86. The second kappa shape index (κ2) is 9.23. The molecule has 17 heavy (non-hydrogen) atoms. The summed E-state index contributed by atoms with van der Waals surface area (Å²) in [6, 6.07) is 0.518. The van der Waals surface area contributed by atoms with E-state index < -0.39 is 5.97 Å². The number of rotatable bonds is 9. The van der Waals surface area contributed by atoms with Gasteiger partial charge in [0.1, 0.15) is 0 Å². The molecule has 0 fully saturated rings. The number of carboxylic acids is 1. The van der Waals surface area contributed by atoms with Crippen LogP contribution in [0.1, 0.15) is 53.4 Å². The van der Waals surface area contributed by atoms with Crippen molar-refractivity contribution in [3.05, 3.63) is 11.6 Å². The van der Waals surface area contributed by atoms with Crippen molar-refractivity contribution >= 4 is 5.97 Å². The van der Waals surface area contributed by atoms with Crippen LogP contribution in [0.2, 0.25) is 0 Å².